The summed E-state index contributed by atoms with van der Waals surface area (Å²) in [5, 5.41) is 9.09. The van der Waals surface area contributed by atoms with Crippen molar-refractivity contribution < 1.29 is 18.3 Å². The number of anilines is 1. The first-order valence-corrected chi connectivity index (χ1v) is 10.4. The van der Waals surface area contributed by atoms with Gasteiger partial charge < -0.3 is 5.11 Å². The van der Waals surface area contributed by atoms with Gasteiger partial charge in [-0.05, 0) is 60.7 Å². The zero-order valence-corrected chi connectivity index (χ0v) is 16.0. The average Bonchev–Trinajstić information content (AvgIpc) is 2.70. The molecule has 0 aliphatic carbocycles. The number of hydrogen-bond acceptors (Lipinski definition) is 3. The third-order valence-corrected chi connectivity index (χ3v) is 5.78. The molecule has 0 aliphatic heterocycles. The summed E-state index contributed by atoms with van der Waals surface area (Å²) in [6.07, 6.45) is 2.15. The maximum Gasteiger partial charge on any atom is 0.335 e. The predicted octanol–water partition coefficient (Wildman–Crippen LogP) is 4.36. The molecular weight excluding hydrogens is 374 g/mol. The third kappa shape index (κ3) is 4.98. The molecule has 3 aromatic carbocycles. The topological polar surface area (TPSA) is 83.5 Å². The van der Waals surface area contributed by atoms with Gasteiger partial charge in [0.1, 0.15) is 0 Å². The van der Waals surface area contributed by atoms with Gasteiger partial charge in [0, 0.05) is 0 Å². The SMILES string of the molecule is O=C(O)c1cccc(CCCc2ccccc2NS(=O)(=O)c2ccccc2)c1. The fraction of sp³-hybridized carbons (Fsp3) is 0.136. The zero-order chi connectivity index (χ0) is 20.0. The van der Waals surface area contributed by atoms with Gasteiger partial charge in [-0.1, -0.05) is 48.5 Å². The summed E-state index contributed by atoms with van der Waals surface area (Å²) >= 11 is 0. The molecule has 0 atom stereocenters. The number of sulfonamides is 1. The van der Waals surface area contributed by atoms with E-state index >= 15 is 0 Å². The molecule has 0 fully saturated rings. The molecule has 0 spiro atoms. The van der Waals surface area contributed by atoms with E-state index in [9.17, 15) is 13.2 Å². The molecule has 3 rings (SSSR count). The first kappa shape index (κ1) is 19.6. The van der Waals surface area contributed by atoms with E-state index in [1.807, 2.05) is 18.2 Å². The highest BCUT2D eigenvalue weighted by molar-refractivity contribution is 7.92. The molecule has 0 bridgehead atoms. The second kappa shape index (κ2) is 8.71. The van der Waals surface area contributed by atoms with E-state index in [1.165, 1.54) is 0 Å². The van der Waals surface area contributed by atoms with Crippen LogP contribution in [0.1, 0.15) is 27.9 Å². The number of nitrogens with one attached hydrogen (secondary N) is 1. The highest BCUT2D eigenvalue weighted by Gasteiger charge is 2.15. The molecule has 0 unspecified atom stereocenters. The van der Waals surface area contributed by atoms with Crippen LogP contribution < -0.4 is 4.72 Å². The normalized spacial score (nSPS) is 11.1. The molecule has 3 aromatic rings. The quantitative estimate of drug-likeness (QED) is 0.594. The first-order valence-electron chi connectivity index (χ1n) is 8.94. The number of aromatic carboxylic acids is 1. The second-order valence-electron chi connectivity index (χ2n) is 6.43. The molecule has 0 heterocycles. The Kier molecular flexibility index (Phi) is 6.11. The molecule has 0 saturated heterocycles. The van der Waals surface area contributed by atoms with Crippen LogP contribution in [0.15, 0.2) is 83.8 Å². The number of para-hydroxylation sites is 1. The number of hydrogen-bond donors (Lipinski definition) is 2. The number of carboxylic acids is 1. The molecule has 28 heavy (non-hydrogen) atoms. The highest BCUT2D eigenvalue weighted by Crippen LogP contribution is 2.22. The van der Waals surface area contributed by atoms with Crippen LogP contribution in [0.2, 0.25) is 0 Å². The molecular formula is C22H21NO4S. The Balaban J connectivity index is 1.69. The maximum atomic E-state index is 12.6. The van der Waals surface area contributed by atoms with Crippen molar-refractivity contribution in [3.8, 4) is 0 Å². The van der Waals surface area contributed by atoms with Gasteiger partial charge in [0.2, 0.25) is 0 Å². The number of carboxylic acid groups (broad SMARTS) is 1. The summed E-state index contributed by atoms with van der Waals surface area (Å²) < 4.78 is 27.8. The average molecular weight is 395 g/mol. The van der Waals surface area contributed by atoms with Crippen molar-refractivity contribution in [2.45, 2.75) is 24.2 Å². The van der Waals surface area contributed by atoms with Crippen molar-refractivity contribution in [3.05, 3.63) is 95.6 Å². The van der Waals surface area contributed by atoms with Crippen molar-refractivity contribution in [2.24, 2.45) is 0 Å². The van der Waals surface area contributed by atoms with Crippen LogP contribution in [0.5, 0.6) is 0 Å². The van der Waals surface area contributed by atoms with Crippen molar-refractivity contribution in [3.63, 3.8) is 0 Å². The standard InChI is InChI=1S/C22H21NO4S/c24-22(25)19-12-7-9-17(16-19)8-6-11-18-10-4-5-15-21(18)23-28(26,27)20-13-2-1-3-14-20/h1-5,7,9-10,12-16,23H,6,8,11H2,(H,24,25). The minimum atomic E-state index is -3.64. The van der Waals surface area contributed by atoms with Crippen molar-refractivity contribution >= 4 is 21.7 Å². The Labute approximate surface area is 164 Å². The first-order chi connectivity index (χ1) is 13.5. The Morgan fingerprint density at radius 1 is 0.857 bits per heavy atom. The fourth-order valence-corrected chi connectivity index (χ4v) is 4.11. The molecule has 0 aliphatic rings. The molecule has 6 heteroatoms. The van der Waals surface area contributed by atoms with E-state index < -0.39 is 16.0 Å². The Bertz CT molecular complexity index is 1060. The minimum absolute atomic E-state index is 0.218. The predicted molar refractivity (Wildman–Crippen MR) is 109 cm³/mol. The van der Waals surface area contributed by atoms with Crippen LogP contribution in [0.4, 0.5) is 5.69 Å². The zero-order valence-electron chi connectivity index (χ0n) is 15.2. The van der Waals surface area contributed by atoms with Gasteiger partial charge >= 0.3 is 5.97 Å². The van der Waals surface area contributed by atoms with E-state index in [0.717, 1.165) is 17.5 Å². The fourth-order valence-electron chi connectivity index (χ4n) is 2.98. The van der Waals surface area contributed by atoms with Crippen LogP contribution in [-0.4, -0.2) is 19.5 Å². The monoisotopic (exact) mass is 395 g/mol. The lowest BCUT2D eigenvalue weighted by Crippen LogP contribution is -2.14. The molecule has 0 amide bonds. The summed E-state index contributed by atoms with van der Waals surface area (Å²) in [5.41, 5.74) is 2.68. The van der Waals surface area contributed by atoms with Gasteiger partial charge in [-0.3, -0.25) is 4.72 Å². The van der Waals surface area contributed by atoms with E-state index in [2.05, 4.69) is 4.72 Å². The summed E-state index contributed by atoms with van der Waals surface area (Å²) in [5.74, 6) is -0.942. The summed E-state index contributed by atoms with van der Waals surface area (Å²) in [6.45, 7) is 0. The molecule has 5 nitrogen and oxygen atoms in total. The molecule has 0 saturated carbocycles. The van der Waals surface area contributed by atoms with Gasteiger partial charge in [-0.2, -0.15) is 0 Å². The van der Waals surface area contributed by atoms with E-state index in [4.69, 9.17) is 5.11 Å². The number of rotatable bonds is 8. The number of aryl methyl sites for hydroxylation is 2. The molecule has 144 valence electrons. The lowest BCUT2D eigenvalue weighted by molar-refractivity contribution is 0.0696. The summed E-state index contributed by atoms with van der Waals surface area (Å²) in [4.78, 5) is 11.3. The molecule has 2 N–H and O–H groups in total. The molecule has 0 radical (unpaired) electrons. The van der Waals surface area contributed by atoms with Crippen LogP contribution in [-0.2, 0) is 22.9 Å². The Morgan fingerprint density at radius 3 is 2.32 bits per heavy atom. The second-order valence-corrected chi connectivity index (χ2v) is 8.12. The van der Waals surface area contributed by atoms with Crippen molar-refractivity contribution in [2.75, 3.05) is 4.72 Å². The van der Waals surface area contributed by atoms with E-state index in [0.29, 0.717) is 18.5 Å². The van der Waals surface area contributed by atoms with Gasteiger partial charge in [0.15, 0.2) is 0 Å². The van der Waals surface area contributed by atoms with Crippen molar-refractivity contribution in [1.82, 2.24) is 0 Å². The minimum Gasteiger partial charge on any atom is -0.478 e. The largest absolute Gasteiger partial charge is 0.478 e. The van der Waals surface area contributed by atoms with Crippen LogP contribution in [0.25, 0.3) is 0 Å². The number of benzene rings is 3. The van der Waals surface area contributed by atoms with Gasteiger partial charge in [0.05, 0.1) is 16.1 Å². The van der Waals surface area contributed by atoms with E-state index in [-0.39, 0.29) is 10.5 Å². The maximum absolute atomic E-state index is 12.6. The van der Waals surface area contributed by atoms with Crippen LogP contribution in [0.3, 0.4) is 0 Å². The highest BCUT2D eigenvalue weighted by atomic mass is 32.2. The van der Waals surface area contributed by atoms with Gasteiger partial charge in [0.25, 0.3) is 10.0 Å². The lowest BCUT2D eigenvalue weighted by atomic mass is 10.0. The van der Waals surface area contributed by atoms with Gasteiger partial charge in [-0.15, -0.1) is 0 Å². The van der Waals surface area contributed by atoms with Crippen LogP contribution in [0, 0.1) is 0 Å². The van der Waals surface area contributed by atoms with Gasteiger partial charge in [-0.25, -0.2) is 13.2 Å². The summed E-state index contributed by atoms with van der Waals surface area (Å²) in [6, 6.07) is 22.5. The van der Waals surface area contributed by atoms with Crippen LogP contribution >= 0.6 is 0 Å². The lowest BCUT2D eigenvalue weighted by Gasteiger charge is -2.13. The Morgan fingerprint density at radius 2 is 1.57 bits per heavy atom. The van der Waals surface area contributed by atoms with E-state index in [1.54, 1.807) is 60.7 Å². The van der Waals surface area contributed by atoms with Crippen molar-refractivity contribution in [1.29, 1.82) is 0 Å². The summed E-state index contributed by atoms with van der Waals surface area (Å²) in [7, 11) is -3.64. The number of carbonyl (C=O) groups is 1. The third-order valence-electron chi connectivity index (χ3n) is 4.40. The Hall–Kier alpha value is -3.12. The smallest absolute Gasteiger partial charge is 0.335 e. The molecule has 0 aromatic heterocycles.